The van der Waals surface area contributed by atoms with Crippen LogP contribution < -0.4 is 14.4 Å². The van der Waals surface area contributed by atoms with Crippen LogP contribution in [0.2, 0.25) is 0 Å². The quantitative estimate of drug-likeness (QED) is 0.299. The number of hydrogen-bond acceptors (Lipinski definition) is 4. The van der Waals surface area contributed by atoms with E-state index in [4.69, 9.17) is 14.5 Å². The van der Waals surface area contributed by atoms with Crippen molar-refractivity contribution in [3.05, 3.63) is 84.4 Å². The Bertz CT molecular complexity index is 1340. The second kappa shape index (κ2) is 10.2. The van der Waals surface area contributed by atoms with Crippen molar-refractivity contribution in [2.45, 2.75) is 31.7 Å². The molecule has 1 saturated heterocycles. The van der Waals surface area contributed by atoms with E-state index in [2.05, 4.69) is 10.6 Å². The van der Waals surface area contributed by atoms with Crippen LogP contribution in [0.5, 0.6) is 11.5 Å². The van der Waals surface area contributed by atoms with Crippen LogP contribution in [0.3, 0.4) is 0 Å². The van der Waals surface area contributed by atoms with Crippen molar-refractivity contribution in [3.8, 4) is 11.5 Å². The molecule has 1 aliphatic heterocycles. The first kappa shape index (κ1) is 22.9. The van der Waals surface area contributed by atoms with Crippen LogP contribution in [0, 0.1) is 5.82 Å². The lowest BCUT2D eigenvalue weighted by Crippen LogP contribution is -2.24. The van der Waals surface area contributed by atoms with Gasteiger partial charge in [0.25, 0.3) is 0 Å². The van der Waals surface area contributed by atoms with Gasteiger partial charge in [-0.25, -0.2) is 9.37 Å². The number of anilines is 1. The number of benzene rings is 3. The number of methoxy groups -OCH3 is 1. The number of imidazole rings is 1. The smallest absolute Gasteiger partial charge is 0.227 e. The number of rotatable bonds is 9. The Labute approximate surface area is 203 Å². The zero-order chi connectivity index (χ0) is 24.2. The number of hydrogen-bond donors (Lipinski definition) is 0. The number of para-hydroxylation sites is 4. The first-order valence-corrected chi connectivity index (χ1v) is 11.9. The Balaban J connectivity index is 1.29. The van der Waals surface area contributed by atoms with Crippen LogP contribution in [-0.2, 0) is 11.3 Å². The maximum atomic E-state index is 13.8. The van der Waals surface area contributed by atoms with Gasteiger partial charge >= 0.3 is 0 Å². The monoisotopic (exact) mass is 473 g/mol. The fourth-order valence-electron chi connectivity index (χ4n) is 4.71. The molecule has 1 amide bonds. The lowest BCUT2D eigenvalue weighted by atomic mass is 10.1. The molecule has 0 saturated carbocycles. The fraction of sp³-hybridized carbons (Fsp3) is 0.286. The van der Waals surface area contributed by atoms with Gasteiger partial charge < -0.3 is 18.9 Å². The zero-order valence-electron chi connectivity index (χ0n) is 19.7. The highest BCUT2D eigenvalue weighted by molar-refractivity contribution is 5.96. The van der Waals surface area contributed by atoms with Crippen LogP contribution in [0.4, 0.5) is 10.1 Å². The highest BCUT2D eigenvalue weighted by atomic mass is 19.1. The van der Waals surface area contributed by atoms with Crippen LogP contribution >= 0.6 is 0 Å². The number of nitrogens with zero attached hydrogens (tertiary/aromatic N) is 3. The Hall–Kier alpha value is -3.87. The minimum absolute atomic E-state index is 0.00980. The summed E-state index contributed by atoms with van der Waals surface area (Å²) in [4.78, 5) is 19.4. The molecule has 0 radical (unpaired) electrons. The zero-order valence-corrected chi connectivity index (χ0v) is 19.7. The van der Waals surface area contributed by atoms with Crippen molar-refractivity contribution in [1.29, 1.82) is 0 Å². The molecule has 1 aliphatic rings. The third-order valence-electron chi connectivity index (χ3n) is 6.40. The third-order valence-corrected chi connectivity index (χ3v) is 6.40. The molecule has 5 rings (SSSR count). The lowest BCUT2D eigenvalue weighted by molar-refractivity contribution is -0.117. The van der Waals surface area contributed by atoms with E-state index in [0.717, 1.165) is 47.7 Å². The summed E-state index contributed by atoms with van der Waals surface area (Å²) in [6.07, 6.45) is 2.12. The first-order valence-electron chi connectivity index (χ1n) is 11.9. The summed E-state index contributed by atoms with van der Waals surface area (Å²) in [5.41, 5.74) is 2.57. The minimum Gasteiger partial charge on any atom is -0.493 e. The van der Waals surface area contributed by atoms with Crippen LogP contribution in [0.15, 0.2) is 72.8 Å². The van der Waals surface area contributed by atoms with Gasteiger partial charge in [-0.05, 0) is 55.3 Å². The lowest BCUT2D eigenvalue weighted by Gasteiger charge is -2.17. The molecule has 1 atom stereocenters. The van der Waals surface area contributed by atoms with Gasteiger partial charge in [0.1, 0.15) is 11.6 Å². The molecule has 4 aromatic rings. The average Bonchev–Trinajstić information content (AvgIpc) is 3.44. The number of amides is 1. The van der Waals surface area contributed by atoms with Crippen molar-refractivity contribution in [2.24, 2.45) is 0 Å². The summed E-state index contributed by atoms with van der Waals surface area (Å²) in [7, 11) is 1.64. The van der Waals surface area contributed by atoms with E-state index in [0.29, 0.717) is 25.3 Å². The van der Waals surface area contributed by atoms with Crippen LogP contribution in [-0.4, -0.2) is 35.7 Å². The SMILES string of the molecule is COc1ccccc1OCCCCn1c(C2CC(=O)N(c3cccc(F)c3)C2)nc2ccccc21. The van der Waals surface area contributed by atoms with Gasteiger partial charge in [0, 0.05) is 31.1 Å². The summed E-state index contributed by atoms with van der Waals surface area (Å²) in [6, 6.07) is 21.9. The van der Waals surface area contributed by atoms with Crippen molar-refractivity contribution >= 4 is 22.6 Å². The molecule has 0 aliphatic carbocycles. The molecule has 0 bridgehead atoms. The van der Waals surface area contributed by atoms with Crippen molar-refractivity contribution in [1.82, 2.24) is 9.55 Å². The van der Waals surface area contributed by atoms with Gasteiger partial charge in [0.2, 0.25) is 5.91 Å². The summed E-state index contributed by atoms with van der Waals surface area (Å²) in [5.74, 6) is 1.97. The molecule has 1 aromatic heterocycles. The van der Waals surface area contributed by atoms with Gasteiger partial charge in [-0.15, -0.1) is 0 Å². The summed E-state index contributed by atoms with van der Waals surface area (Å²) in [6.45, 7) is 1.84. The number of aryl methyl sites for hydroxylation is 1. The highest BCUT2D eigenvalue weighted by Gasteiger charge is 2.34. The number of halogens is 1. The molecule has 180 valence electrons. The molecule has 35 heavy (non-hydrogen) atoms. The topological polar surface area (TPSA) is 56.6 Å². The van der Waals surface area contributed by atoms with E-state index in [-0.39, 0.29) is 17.6 Å². The largest absolute Gasteiger partial charge is 0.493 e. The van der Waals surface area contributed by atoms with E-state index in [1.807, 2.05) is 42.5 Å². The first-order chi connectivity index (χ1) is 17.1. The molecule has 3 aromatic carbocycles. The molecular weight excluding hydrogens is 445 g/mol. The average molecular weight is 474 g/mol. The number of ether oxygens (including phenoxy) is 2. The van der Waals surface area contributed by atoms with Gasteiger partial charge in [-0.3, -0.25) is 4.79 Å². The number of carbonyl (C=O) groups is 1. The Kier molecular flexibility index (Phi) is 6.66. The van der Waals surface area contributed by atoms with E-state index in [1.165, 1.54) is 12.1 Å². The molecule has 6 nitrogen and oxygen atoms in total. The fourth-order valence-corrected chi connectivity index (χ4v) is 4.71. The number of fused-ring (bicyclic) bond motifs is 1. The predicted molar refractivity (Wildman–Crippen MR) is 134 cm³/mol. The number of unbranched alkanes of at least 4 members (excludes halogenated alkanes) is 1. The number of aromatic nitrogens is 2. The van der Waals surface area contributed by atoms with E-state index in [1.54, 1.807) is 24.1 Å². The second-order valence-electron chi connectivity index (χ2n) is 8.70. The number of carbonyl (C=O) groups excluding carboxylic acids is 1. The molecule has 1 unspecified atom stereocenters. The predicted octanol–water partition coefficient (Wildman–Crippen LogP) is 5.56. The highest BCUT2D eigenvalue weighted by Crippen LogP contribution is 2.33. The van der Waals surface area contributed by atoms with Gasteiger partial charge in [-0.1, -0.05) is 30.3 Å². The standard InChI is InChI=1S/C28H28FN3O3/c1-34-25-13-4-5-14-26(25)35-16-7-6-15-31-24-12-3-2-11-23(24)30-28(31)20-17-27(33)32(19-20)22-10-8-9-21(29)18-22/h2-5,8-14,18,20H,6-7,15-17,19H2,1H3. The van der Waals surface area contributed by atoms with E-state index >= 15 is 0 Å². The molecule has 0 spiro atoms. The van der Waals surface area contributed by atoms with Gasteiger partial charge in [0.05, 0.1) is 24.8 Å². The maximum Gasteiger partial charge on any atom is 0.227 e. The van der Waals surface area contributed by atoms with E-state index in [9.17, 15) is 9.18 Å². The molecular formula is C28H28FN3O3. The minimum atomic E-state index is -0.346. The molecule has 7 heteroatoms. The van der Waals surface area contributed by atoms with Crippen molar-refractivity contribution < 1.29 is 18.7 Å². The maximum absolute atomic E-state index is 13.8. The van der Waals surface area contributed by atoms with Gasteiger partial charge in [0.15, 0.2) is 11.5 Å². The van der Waals surface area contributed by atoms with Crippen LogP contribution in [0.1, 0.15) is 31.0 Å². The van der Waals surface area contributed by atoms with E-state index < -0.39 is 0 Å². The molecule has 1 fully saturated rings. The van der Waals surface area contributed by atoms with Crippen molar-refractivity contribution in [3.63, 3.8) is 0 Å². The molecule has 2 heterocycles. The van der Waals surface area contributed by atoms with Gasteiger partial charge in [-0.2, -0.15) is 0 Å². The Morgan fingerprint density at radius 3 is 2.63 bits per heavy atom. The summed E-state index contributed by atoms with van der Waals surface area (Å²) < 4.78 is 27.2. The Morgan fingerprint density at radius 1 is 1.00 bits per heavy atom. The molecule has 0 N–H and O–H groups in total. The van der Waals surface area contributed by atoms with Crippen molar-refractivity contribution in [2.75, 3.05) is 25.2 Å². The Morgan fingerprint density at radius 2 is 1.80 bits per heavy atom. The normalized spacial score (nSPS) is 15.7. The summed E-state index contributed by atoms with van der Waals surface area (Å²) >= 11 is 0. The second-order valence-corrected chi connectivity index (χ2v) is 8.70. The van der Waals surface area contributed by atoms with Crippen LogP contribution in [0.25, 0.3) is 11.0 Å². The third kappa shape index (κ3) is 4.85. The summed E-state index contributed by atoms with van der Waals surface area (Å²) in [5, 5.41) is 0.